The summed E-state index contributed by atoms with van der Waals surface area (Å²) < 4.78 is 10.6. The Morgan fingerprint density at radius 2 is 1.91 bits per heavy atom. The molecule has 0 spiro atoms. The number of hydrogen-bond acceptors (Lipinski definition) is 6. The maximum absolute atomic E-state index is 13.2. The van der Waals surface area contributed by atoms with E-state index in [-0.39, 0.29) is 24.8 Å². The van der Waals surface area contributed by atoms with Crippen molar-refractivity contribution in [2.45, 2.75) is 6.42 Å². The fourth-order valence-electron chi connectivity index (χ4n) is 3.44. The second-order valence-electron chi connectivity index (χ2n) is 7.04. The largest absolute Gasteiger partial charge is 0.497 e. The Kier molecular flexibility index (Phi) is 6.12. The number of carbonyl (C=O) groups excluding carboxylic acids is 2. The van der Waals surface area contributed by atoms with Crippen LogP contribution in [0.2, 0.25) is 0 Å². The van der Waals surface area contributed by atoms with Crippen LogP contribution in [-0.2, 0) is 9.59 Å². The number of carbonyl (C=O) groups is 2. The molecule has 0 aliphatic carbocycles. The SMILES string of the molecule is COc1cccc(C2=Nc3cccnc3N(CC(=O)Nc3ccccc3OC)C(=O)C2)c1. The van der Waals surface area contributed by atoms with Gasteiger partial charge in [0.05, 0.1) is 32.0 Å². The first-order chi connectivity index (χ1) is 15.6. The first-order valence-electron chi connectivity index (χ1n) is 9.99. The third kappa shape index (κ3) is 4.44. The van der Waals surface area contributed by atoms with Gasteiger partial charge >= 0.3 is 0 Å². The van der Waals surface area contributed by atoms with Crippen molar-refractivity contribution in [2.75, 3.05) is 31.0 Å². The zero-order chi connectivity index (χ0) is 22.5. The molecule has 0 unspecified atom stereocenters. The van der Waals surface area contributed by atoms with E-state index in [0.717, 1.165) is 5.56 Å². The first kappa shape index (κ1) is 21.0. The second-order valence-corrected chi connectivity index (χ2v) is 7.04. The molecule has 1 N–H and O–H groups in total. The summed E-state index contributed by atoms with van der Waals surface area (Å²) in [6, 6.07) is 18.0. The Balaban J connectivity index is 1.62. The van der Waals surface area contributed by atoms with Crippen molar-refractivity contribution in [3.8, 4) is 11.5 Å². The number of anilines is 2. The van der Waals surface area contributed by atoms with Crippen molar-refractivity contribution in [1.29, 1.82) is 0 Å². The van der Waals surface area contributed by atoms with Crippen molar-refractivity contribution in [1.82, 2.24) is 4.98 Å². The lowest BCUT2D eigenvalue weighted by Crippen LogP contribution is -2.39. The Hall–Kier alpha value is -4.20. The minimum absolute atomic E-state index is 0.0193. The van der Waals surface area contributed by atoms with Crippen LogP contribution < -0.4 is 19.7 Å². The van der Waals surface area contributed by atoms with Gasteiger partial charge in [-0.2, -0.15) is 0 Å². The molecule has 8 nitrogen and oxygen atoms in total. The van der Waals surface area contributed by atoms with Gasteiger partial charge in [0, 0.05) is 11.8 Å². The molecule has 8 heteroatoms. The van der Waals surface area contributed by atoms with Gasteiger partial charge in [0.15, 0.2) is 5.82 Å². The number of aliphatic imine (C=N–C) groups is 1. The minimum atomic E-state index is -0.371. The van der Waals surface area contributed by atoms with E-state index in [1.807, 2.05) is 30.3 Å². The second kappa shape index (κ2) is 9.30. The smallest absolute Gasteiger partial charge is 0.244 e. The topological polar surface area (TPSA) is 93.1 Å². The zero-order valence-corrected chi connectivity index (χ0v) is 17.7. The molecule has 1 aromatic heterocycles. The number of rotatable bonds is 6. The maximum Gasteiger partial charge on any atom is 0.244 e. The van der Waals surface area contributed by atoms with E-state index in [1.54, 1.807) is 43.6 Å². The molecule has 0 fully saturated rings. The summed E-state index contributed by atoms with van der Waals surface area (Å²) in [5.41, 5.74) is 2.39. The van der Waals surface area contributed by atoms with Crippen LogP contribution in [0.1, 0.15) is 12.0 Å². The van der Waals surface area contributed by atoms with E-state index in [4.69, 9.17) is 9.47 Å². The van der Waals surface area contributed by atoms with Gasteiger partial charge in [0.25, 0.3) is 0 Å². The minimum Gasteiger partial charge on any atom is -0.497 e. The van der Waals surface area contributed by atoms with E-state index in [9.17, 15) is 9.59 Å². The van der Waals surface area contributed by atoms with Crippen molar-refractivity contribution in [3.05, 3.63) is 72.4 Å². The predicted molar refractivity (Wildman–Crippen MR) is 122 cm³/mol. The quantitative estimate of drug-likeness (QED) is 0.645. The summed E-state index contributed by atoms with van der Waals surface area (Å²) in [6.45, 7) is -0.207. The zero-order valence-electron chi connectivity index (χ0n) is 17.7. The monoisotopic (exact) mass is 430 g/mol. The number of amides is 2. The molecule has 0 saturated heterocycles. The van der Waals surface area contributed by atoms with Gasteiger partial charge in [-0.05, 0) is 36.4 Å². The lowest BCUT2D eigenvalue weighted by molar-refractivity contribution is -0.120. The highest BCUT2D eigenvalue weighted by Gasteiger charge is 2.28. The van der Waals surface area contributed by atoms with E-state index in [0.29, 0.717) is 34.4 Å². The maximum atomic E-state index is 13.2. The number of nitrogens with one attached hydrogen (secondary N) is 1. The van der Waals surface area contributed by atoms with Crippen LogP contribution in [0.4, 0.5) is 17.2 Å². The van der Waals surface area contributed by atoms with Crippen molar-refractivity contribution < 1.29 is 19.1 Å². The van der Waals surface area contributed by atoms with Crippen LogP contribution in [0, 0.1) is 0 Å². The van der Waals surface area contributed by atoms with Crippen molar-refractivity contribution in [3.63, 3.8) is 0 Å². The number of nitrogens with zero attached hydrogens (tertiary/aromatic N) is 3. The highest BCUT2D eigenvalue weighted by atomic mass is 16.5. The average Bonchev–Trinajstić information content (AvgIpc) is 2.96. The van der Waals surface area contributed by atoms with Gasteiger partial charge in [-0.1, -0.05) is 24.3 Å². The lowest BCUT2D eigenvalue weighted by Gasteiger charge is -2.21. The average molecular weight is 430 g/mol. The van der Waals surface area contributed by atoms with Gasteiger partial charge in [-0.15, -0.1) is 0 Å². The number of methoxy groups -OCH3 is 2. The molecule has 0 bridgehead atoms. The number of fused-ring (bicyclic) bond motifs is 1. The number of pyridine rings is 1. The van der Waals surface area contributed by atoms with Crippen LogP contribution in [0.3, 0.4) is 0 Å². The van der Waals surface area contributed by atoms with Crippen LogP contribution >= 0.6 is 0 Å². The third-order valence-corrected chi connectivity index (χ3v) is 4.98. The molecule has 2 aromatic carbocycles. The molecule has 2 amide bonds. The molecule has 162 valence electrons. The number of hydrogen-bond donors (Lipinski definition) is 1. The fraction of sp³-hybridized carbons (Fsp3) is 0.167. The summed E-state index contributed by atoms with van der Waals surface area (Å²) in [6.07, 6.45) is 1.59. The lowest BCUT2D eigenvalue weighted by atomic mass is 10.1. The molecule has 3 aromatic rings. The number of aromatic nitrogens is 1. The van der Waals surface area contributed by atoms with Crippen LogP contribution in [0.25, 0.3) is 0 Å². The first-order valence-corrected chi connectivity index (χ1v) is 9.99. The molecular weight excluding hydrogens is 408 g/mol. The van der Waals surface area contributed by atoms with Gasteiger partial charge in [-0.25, -0.2) is 9.98 Å². The highest BCUT2D eigenvalue weighted by molar-refractivity contribution is 6.18. The molecule has 32 heavy (non-hydrogen) atoms. The fourth-order valence-corrected chi connectivity index (χ4v) is 3.44. The summed E-state index contributed by atoms with van der Waals surface area (Å²) in [7, 11) is 3.11. The van der Waals surface area contributed by atoms with Crippen LogP contribution in [-0.4, -0.2) is 43.3 Å². The van der Waals surface area contributed by atoms with E-state index < -0.39 is 0 Å². The molecule has 2 heterocycles. The Bertz CT molecular complexity index is 1190. The molecule has 1 aliphatic heterocycles. The molecule has 0 atom stereocenters. The summed E-state index contributed by atoms with van der Waals surface area (Å²) >= 11 is 0. The van der Waals surface area contributed by atoms with E-state index >= 15 is 0 Å². The third-order valence-electron chi connectivity index (χ3n) is 4.98. The highest BCUT2D eigenvalue weighted by Crippen LogP contribution is 2.31. The van der Waals surface area contributed by atoms with Gasteiger partial charge in [0.1, 0.15) is 23.7 Å². The van der Waals surface area contributed by atoms with E-state index in [1.165, 1.54) is 12.0 Å². The van der Waals surface area contributed by atoms with Crippen LogP contribution in [0.5, 0.6) is 11.5 Å². The molecule has 0 saturated carbocycles. The van der Waals surface area contributed by atoms with E-state index in [2.05, 4.69) is 15.3 Å². The Labute approximate surface area is 185 Å². The molecule has 1 aliphatic rings. The molecule has 4 rings (SSSR count). The number of para-hydroxylation sites is 2. The standard InChI is InChI=1S/C24H22N4O4/c1-31-17-8-5-7-16(13-17)20-14-23(30)28(24-19(26-20)10-6-12-25-24)15-22(29)27-18-9-3-4-11-21(18)32-2/h3-13H,14-15H2,1-2H3,(H,27,29). The summed E-state index contributed by atoms with van der Waals surface area (Å²) in [5, 5.41) is 2.80. The van der Waals surface area contributed by atoms with Crippen LogP contribution in [0.15, 0.2) is 71.9 Å². The summed E-state index contributed by atoms with van der Waals surface area (Å²) in [5.74, 6) is 0.889. The van der Waals surface area contributed by atoms with Gasteiger partial charge in [-0.3, -0.25) is 14.5 Å². The Morgan fingerprint density at radius 1 is 1.06 bits per heavy atom. The number of benzene rings is 2. The Morgan fingerprint density at radius 3 is 2.72 bits per heavy atom. The van der Waals surface area contributed by atoms with Crippen molar-refractivity contribution in [2.24, 2.45) is 4.99 Å². The van der Waals surface area contributed by atoms with Gasteiger partial charge < -0.3 is 14.8 Å². The molecule has 0 radical (unpaired) electrons. The summed E-state index contributed by atoms with van der Waals surface area (Å²) in [4.78, 5) is 36.4. The normalized spacial score (nSPS) is 13.0. The van der Waals surface area contributed by atoms with Gasteiger partial charge in [0.2, 0.25) is 11.8 Å². The number of ether oxygens (including phenoxy) is 2. The molecular formula is C24H22N4O4. The predicted octanol–water partition coefficient (Wildman–Crippen LogP) is 3.60. The van der Waals surface area contributed by atoms with Crippen molar-refractivity contribution >= 4 is 34.7 Å².